The van der Waals surface area contributed by atoms with E-state index in [-0.39, 0.29) is 11.8 Å². The number of anilines is 1. The molecule has 1 fully saturated rings. The van der Waals surface area contributed by atoms with Crippen LogP contribution in [0.5, 0.6) is 0 Å². The van der Waals surface area contributed by atoms with Crippen LogP contribution in [0.15, 0.2) is 48.5 Å². The van der Waals surface area contributed by atoms with Crippen LogP contribution in [-0.4, -0.2) is 29.8 Å². The van der Waals surface area contributed by atoms with E-state index in [1.807, 2.05) is 11.0 Å². The number of carbonyl (C=O) groups is 2. The fraction of sp³-hybridized carbons (Fsp3) is 0.211. The number of nitrogens with zero attached hydrogens (tertiary/aromatic N) is 2. The first-order chi connectivity index (χ1) is 11.7. The van der Waals surface area contributed by atoms with Crippen molar-refractivity contribution in [1.29, 1.82) is 5.26 Å². The molecule has 0 atom stereocenters. The Kier molecular flexibility index (Phi) is 4.57. The van der Waals surface area contributed by atoms with Gasteiger partial charge in [-0.05, 0) is 43.2 Å². The van der Waals surface area contributed by atoms with Crippen molar-refractivity contribution >= 4 is 17.5 Å². The fourth-order valence-electron chi connectivity index (χ4n) is 2.78. The smallest absolute Gasteiger partial charge is 0.255 e. The first-order valence-electron chi connectivity index (χ1n) is 7.89. The predicted molar refractivity (Wildman–Crippen MR) is 90.7 cm³/mol. The van der Waals surface area contributed by atoms with Gasteiger partial charge in [-0.25, -0.2) is 0 Å². The van der Waals surface area contributed by atoms with Gasteiger partial charge in [-0.2, -0.15) is 5.26 Å². The SMILES string of the molecule is N#Cc1ccccc1NC(=O)c1cccc(C(=O)N2CCCC2)c1. The van der Waals surface area contributed by atoms with E-state index in [0.717, 1.165) is 25.9 Å². The molecule has 0 aromatic heterocycles. The molecule has 1 aliphatic rings. The zero-order chi connectivity index (χ0) is 16.9. The Morgan fingerprint density at radius 2 is 1.71 bits per heavy atom. The number of para-hydroxylation sites is 1. The first kappa shape index (κ1) is 15.8. The van der Waals surface area contributed by atoms with Gasteiger partial charge in [0.05, 0.1) is 11.3 Å². The molecule has 2 aromatic carbocycles. The average Bonchev–Trinajstić information content (AvgIpc) is 3.16. The van der Waals surface area contributed by atoms with Gasteiger partial charge < -0.3 is 10.2 Å². The predicted octanol–water partition coefficient (Wildman–Crippen LogP) is 3.05. The van der Waals surface area contributed by atoms with Crippen LogP contribution < -0.4 is 5.32 Å². The lowest BCUT2D eigenvalue weighted by atomic mass is 10.1. The van der Waals surface area contributed by atoms with E-state index in [9.17, 15) is 9.59 Å². The molecule has 1 aliphatic heterocycles. The summed E-state index contributed by atoms with van der Waals surface area (Å²) in [7, 11) is 0. The van der Waals surface area contributed by atoms with E-state index in [2.05, 4.69) is 5.32 Å². The van der Waals surface area contributed by atoms with Crippen LogP contribution in [0.25, 0.3) is 0 Å². The summed E-state index contributed by atoms with van der Waals surface area (Å²) < 4.78 is 0. The maximum Gasteiger partial charge on any atom is 0.255 e. The lowest BCUT2D eigenvalue weighted by Gasteiger charge is -2.15. The molecule has 5 heteroatoms. The van der Waals surface area contributed by atoms with Gasteiger partial charge in [0, 0.05) is 24.2 Å². The van der Waals surface area contributed by atoms with Crippen molar-refractivity contribution in [3.63, 3.8) is 0 Å². The molecule has 0 radical (unpaired) electrons. The Bertz CT molecular complexity index is 817. The second-order valence-corrected chi connectivity index (χ2v) is 5.69. The van der Waals surface area contributed by atoms with Gasteiger partial charge in [-0.3, -0.25) is 9.59 Å². The Morgan fingerprint density at radius 1 is 1.00 bits per heavy atom. The number of likely N-dealkylation sites (tertiary alicyclic amines) is 1. The minimum absolute atomic E-state index is 0.0421. The van der Waals surface area contributed by atoms with Crippen LogP contribution in [0, 0.1) is 11.3 Å². The standard InChI is InChI=1S/C19H17N3O2/c20-13-16-6-1-2-9-17(16)21-18(23)14-7-5-8-15(12-14)19(24)22-10-3-4-11-22/h1-2,5-9,12H,3-4,10-11H2,(H,21,23). The van der Waals surface area contributed by atoms with Gasteiger partial charge in [-0.15, -0.1) is 0 Å². The Labute approximate surface area is 140 Å². The van der Waals surface area contributed by atoms with Gasteiger partial charge in [0.1, 0.15) is 6.07 Å². The molecule has 0 bridgehead atoms. The van der Waals surface area contributed by atoms with E-state index in [1.165, 1.54) is 0 Å². The number of hydrogen-bond acceptors (Lipinski definition) is 3. The topological polar surface area (TPSA) is 73.2 Å². The number of amides is 2. The van der Waals surface area contributed by atoms with Crippen LogP contribution in [-0.2, 0) is 0 Å². The molecule has 120 valence electrons. The summed E-state index contributed by atoms with van der Waals surface area (Å²) in [5, 5.41) is 11.8. The van der Waals surface area contributed by atoms with Gasteiger partial charge in [0.2, 0.25) is 0 Å². The number of nitrogens with one attached hydrogen (secondary N) is 1. The van der Waals surface area contributed by atoms with Crippen LogP contribution in [0.1, 0.15) is 39.1 Å². The van der Waals surface area contributed by atoms with Crippen molar-refractivity contribution in [2.45, 2.75) is 12.8 Å². The highest BCUT2D eigenvalue weighted by molar-refractivity contribution is 6.06. The number of hydrogen-bond donors (Lipinski definition) is 1. The molecule has 0 unspecified atom stereocenters. The third kappa shape index (κ3) is 3.28. The van der Waals surface area contributed by atoms with Crippen LogP contribution >= 0.6 is 0 Å². The molecule has 0 aliphatic carbocycles. The van der Waals surface area contributed by atoms with E-state index >= 15 is 0 Å². The lowest BCUT2D eigenvalue weighted by molar-refractivity contribution is 0.0793. The third-order valence-electron chi connectivity index (χ3n) is 4.06. The second kappa shape index (κ2) is 6.97. The summed E-state index contributed by atoms with van der Waals surface area (Å²) in [5.41, 5.74) is 1.77. The van der Waals surface area contributed by atoms with Gasteiger partial charge in [0.25, 0.3) is 11.8 Å². The Balaban J connectivity index is 1.79. The molecule has 1 saturated heterocycles. The molecular formula is C19H17N3O2. The van der Waals surface area contributed by atoms with Gasteiger partial charge in [-0.1, -0.05) is 18.2 Å². The average molecular weight is 319 g/mol. The monoisotopic (exact) mass is 319 g/mol. The first-order valence-corrected chi connectivity index (χ1v) is 7.89. The minimum atomic E-state index is -0.339. The van der Waals surface area contributed by atoms with Crippen molar-refractivity contribution < 1.29 is 9.59 Å². The molecular weight excluding hydrogens is 302 g/mol. The van der Waals surface area contributed by atoms with Crippen molar-refractivity contribution in [3.8, 4) is 6.07 Å². The van der Waals surface area contributed by atoms with Crippen molar-refractivity contribution in [2.75, 3.05) is 18.4 Å². The minimum Gasteiger partial charge on any atom is -0.339 e. The molecule has 24 heavy (non-hydrogen) atoms. The molecule has 2 amide bonds. The summed E-state index contributed by atoms with van der Waals surface area (Å²) >= 11 is 0. The number of rotatable bonds is 3. The second-order valence-electron chi connectivity index (χ2n) is 5.69. The largest absolute Gasteiger partial charge is 0.339 e. The number of nitriles is 1. The van der Waals surface area contributed by atoms with Crippen molar-refractivity contribution in [2.24, 2.45) is 0 Å². The molecule has 0 spiro atoms. The van der Waals surface area contributed by atoms with E-state index in [4.69, 9.17) is 5.26 Å². The van der Waals surface area contributed by atoms with E-state index in [1.54, 1.807) is 48.5 Å². The molecule has 2 aromatic rings. The van der Waals surface area contributed by atoms with Gasteiger partial charge in [0.15, 0.2) is 0 Å². The maximum absolute atomic E-state index is 12.4. The van der Waals surface area contributed by atoms with E-state index in [0.29, 0.717) is 22.4 Å². The molecule has 1 heterocycles. The zero-order valence-corrected chi connectivity index (χ0v) is 13.2. The highest BCUT2D eigenvalue weighted by Crippen LogP contribution is 2.17. The highest BCUT2D eigenvalue weighted by atomic mass is 16.2. The number of carbonyl (C=O) groups excluding carboxylic acids is 2. The summed E-state index contributed by atoms with van der Waals surface area (Å²) in [6.45, 7) is 1.54. The lowest BCUT2D eigenvalue weighted by Crippen LogP contribution is -2.27. The summed E-state index contributed by atoms with van der Waals surface area (Å²) in [6.07, 6.45) is 2.05. The summed E-state index contributed by atoms with van der Waals surface area (Å²) in [6, 6.07) is 15.5. The highest BCUT2D eigenvalue weighted by Gasteiger charge is 2.20. The Hall–Kier alpha value is -3.13. The van der Waals surface area contributed by atoms with E-state index < -0.39 is 0 Å². The zero-order valence-electron chi connectivity index (χ0n) is 13.2. The van der Waals surface area contributed by atoms with Gasteiger partial charge >= 0.3 is 0 Å². The molecule has 3 rings (SSSR count). The van der Waals surface area contributed by atoms with Crippen LogP contribution in [0.3, 0.4) is 0 Å². The molecule has 1 N–H and O–H groups in total. The van der Waals surface area contributed by atoms with Crippen LogP contribution in [0.4, 0.5) is 5.69 Å². The summed E-state index contributed by atoms with van der Waals surface area (Å²) in [5.74, 6) is -0.381. The third-order valence-corrected chi connectivity index (χ3v) is 4.06. The molecule has 5 nitrogen and oxygen atoms in total. The summed E-state index contributed by atoms with van der Waals surface area (Å²) in [4.78, 5) is 26.7. The quantitative estimate of drug-likeness (QED) is 0.945. The maximum atomic E-state index is 12.4. The van der Waals surface area contributed by atoms with Crippen LogP contribution in [0.2, 0.25) is 0 Å². The van der Waals surface area contributed by atoms with Crippen molar-refractivity contribution in [1.82, 2.24) is 4.90 Å². The molecule has 0 saturated carbocycles. The van der Waals surface area contributed by atoms with Crippen molar-refractivity contribution in [3.05, 3.63) is 65.2 Å². The Morgan fingerprint density at radius 3 is 2.46 bits per heavy atom. The normalized spacial score (nSPS) is 13.4. The number of benzene rings is 2. The fourth-order valence-corrected chi connectivity index (χ4v) is 2.78.